The minimum absolute atomic E-state index is 0.0297. The summed E-state index contributed by atoms with van der Waals surface area (Å²) in [5.74, 6) is -0.152. The van der Waals surface area contributed by atoms with Crippen molar-refractivity contribution in [2.24, 2.45) is 5.92 Å². The SMILES string of the molecule is O=C(O)[C@H]1CC[C@@H](C(=O)N2CCCC2CC2CCCCC2)O1. The van der Waals surface area contributed by atoms with Gasteiger partial charge in [-0.1, -0.05) is 32.1 Å². The molecule has 1 amide bonds. The van der Waals surface area contributed by atoms with E-state index in [0.29, 0.717) is 18.9 Å². The molecule has 1 unspecified atom stereocenters. The zero-order valence-corrected chi connectivity index (χ0v) is 13.2. The fraction of sp³-hybridized carbons (Fsp3) is 0.882. The van der Waals surface area contributed by atoms with E-state index in [1.54, 1.807) is 0 Å². The Morgan fingerprint density at radius 3 is 2.36 bits per heavy atom. The van der Waals surface area contributed by atoms with Crippen LogP contribution in [0.2, 0.25) is 0 Å². The molecule has 2 heterocycles. The van der Waals surface area contributed by atoms with E-state index in [2.05, 4.69) is 0 Å². The smallest absolute Gasteiger partial charge is 0.332 e. The van der Waals surface area contributed by atoms with Crippen LogP contribution < -0.4 is 0 Å². The van der Waals surface area contributed by atoms with Crippen LogP contribution >= 0.6 is 0 Å². The monoisotopic (exact) mass is 309 g/mol. The topological polar surface area (TPSA) is 66.8 Å². The Hall–Kier alpha value is -1.10. The maximum absolute atomic E-state index is 12.7. The van der Waals surface area contributed by atoms with Gasteiger partial charge in [0.25, 0.3) is 5.91 Å². The molecule has 5 heteroatoms. The van der Waals surface area contributed by atoms with Gasteiger partial charge in [0.1, 0.15) is 6.10 Å². The fourth-order valence-electron chi connectivity index (χ4n) is 4.36. The van der Waals surface area contributed by atoms with Crippen molar-refractivity contribution >= 4 is 11.9 Å². The van der Waals surface area contributed by atoms with Gasteiger partial charge >= 0.3 is 5.97 Å². The Kier molecular flexibility index (Phi) is 5.01. The van der Waals surface area contributed by atoms with Crippen molar-refractivity contribution in [3.63, 3.8) is 0 Å². The second-order valence-corrected chi connectivity index (χ2v) is 7.10. The van der Waals surface area contributed by atoms with Crippen LogP contribution in [0.1, 0.15) is 64.2 Å². The quantitative estimate of drug-likeness (QED) is 0.867. The molecule has 1 N–H and O–H groups in total. The first-order valence-electron chi connectivity index (χ1n) is 8.84. The van der Waals surface area contributed by atoms with Crippen LogP contribution in [0, 0.1) is 5.92 Å². The number of amides is 1. The molecule has 2 saturated heterocycles. The molecule has 3 aliphatic rings. The molecule has 3 fully saturated rings. The fourth-order valence-corrected chi connectivity index (χ4v) is 4.36. The molecule has 3 atom stereocenters. The average Bonchev–Trinajstić information content (AvgIpc) is 3.17. The van der Waals surface area contributed by atoms with Gasteiger partial charge in [0.2, 0.25) is 0 Å². The number of hydrogen-bond donors (Lipinski definition) is 1. The van der Waals surface area contributed by atoms with Gasteiger partial charge in [-0.25, -0.2) is 4.79 Å². The normalized spacial score (nSPS) is 33.3. The van der Waals surface area contributed by atoms with Crippen molar-refractivity contribution in [3.8, 4) is 0 Å². The predicted molar refractivity (Wildman–Crippen MR) is 81.5 cm³/mol. The Morgan fingerprint density at radius 2 is 1.68 bits per heavy atom. The lowest BCUT2D eigenvalue weighted by molar-refractivity contribution is -0.155. The van der Waals surface area contributed by atoms with Crippen LogP contribution in [-0.2, 0) is 14.3 Å². The summed E-state index contributed by atoms with van der Waals surface area (Å²) in [4.78, 5) is 25.6. The molecule has 2 aliphatic heterocycles. The molecule has 3 rings (SSSR count). The van der Waals surface area contributed by atoms with Crippen molar-refractivity contribution < 1.29 is 19.4 Å². The van der Waals surface area contributed by atoms with Crippen LogP contribution in [0.15, 0.2) is 0 Å². The van der Waals surface area contributed by atoms with Gasteiger partial charge in [-0.3, -0.25) is 4.79 Å². The highest BCUT2D eigenvalue weighted by molar-refractivity contribution is 5.83. The van der Waals surface area contributed by atoms with E-state index in [1.165, 1.54) is 32.1 Å². The molecular formula is C17H27NO4. The molecule has 0 radical (unpaired) electrons. The number of carboxylic acids is 1. The first-order chi connectivity index (χ1) is 10.6. The molecule has 1 saturated carbocycles. The van der Waals surface area contributed by atoms with Crippen LogP contribution in [0.4, 0.5) is 0 Å². The Labute approximate surface area is 132 Å². The third-order valence-electron chi connectivity index (χ3n) is 5.56. The average molecular weight is 309 g/mol. The Morgan fingerprint density at radius 1 is 0.955 bits per heavy atom. The summed E-state index contributed by atoms with van der Waals surface area (Å²) >= 11 is 0. The number of hydrogen-bond acceptors (Lipinski definition) is 3. The molecule has 0 bridgehead atoms. The van der Waals surface area contributed by atoms with E-state index >= 15 is 0 Å². The zero-order chi connectivity index (χ0) is 15.5. The molecule has 0 aromatic carbocycles. The second kappa shape index (κ2) is 6.99. The van der Waals surface area contributed by atoms with E-state index in [9.17, 15) is 9.59 Å². The highest BCUT2D eigenvalue weighted by Gasteiger charge is 2.40. The maximum atomic E-state index is 12.7. The standard InChI is InChI=1S/C17H27NO4/c19-16(14-8-9-15(22-14)17(20)21)18-10-4-7-13(18)11-12-5-2-1-3-6-12/h12-15H,1-11H2,(H,20,21)/t13?,14-,15+/m0/s1. The van der Waals surface area contributed by atoms with E-state index in [0.717, 1.165) is 31.7 Å². The van der Waals surface area contributed by atoms with Crippen LogP contribution in [0.25, 0.3) is 0 Å². The summed E-state index contributed by atoms with van der Waals surface area (Å²) in [5, 5.41) is 9.00. The first kappa shape index (κ1) is 15.8. The molecule has 124 valence electrons. The van der Waals surface area contributed by atoms with Crippen LogP contribution in [0.5, 0.6) is 0 Å². The van der Waals surface area contributed by atoms with E-state index in [-0.39, 0.29) is 5.91 Å². The number of carbonyl (C=O) groups is 2. The van der Waals surface area contributed by atoms with Crippen LogP contribution in [-0.4, -0.2) is 46.7 Å². The van der Waals surface area contributed by atoms with Crippen molar-refractivity contribution in [3.05, 3.63) is 0 Å². The summed E-state index contributed by atoms with van der Waals surface area (Å²) in [7, 11) is 0. The van der Waals surface area contributed by atoms with E-state index in [4.69, 9.17) is 9.84 Å². The summed E-state index contributed by atoms with van der Waals surface area (Å²) < 4.78 is 5.44. The summed E-state index contributed by atoms with van der Waals surface area (Å²) in [6, 6.07) is 0.350. The number of likely N-dealkylation sites (tertiary alicyclic amines) is 1. The first-order valence-corrected chi connectivity index (χ1v) is 8.84. The molecule has 5 nitrogen and oxygen atoms in total. The minimum Gasteiger partial charge on any atom is -0.479 e. The Balaban J connectivity index is 1.55. The van der Waals surface area contributed by atoms with Crippen molar-refractivity contribution in [2.45, 2.75) is 82.5 Å². The summed E-state index contributed by atoms with van der Waals surface area (Å²) in [5.41, 5.74) is 0. The van der Waals surface area contributed by atoms with Crippen molar-refractivity contribution in [2.75, 3.05) is 6.54 Å². The predicted octanol–water partition coefficient (Wildman–Crippen LogP) is 2.58. The van der Waals surface area contributed by atoms with Crippen molar-refractivity contribution in [1.82, 2.24) is 4.90 Å². The number of carboxylic acid groups (broad SMARTS) is 1. The van der Waals surface area contributed by atoms with Gasteiger partial charge in [-0.15, -0.1) is 0 Å². The number of ether oxygens (including phenoxy) is 1. The summed E-state index contributed by atoms with van der Waals surface area (Å²) in [6.07, 6.45) is 9.58. The van der Waals surface area contributed by atoms with E-state index < -0.39 is 18.2 Å². The third-order valence-corrected chi connectivity index (χ3v) is 5.56. The molecule has 1 aliphatic carbocycles. The lowest BCUT2D eigenvalue weighted by Crippen LogP contribution is -2.43. The number of nitrogens with zero attached hydrogens (tertiary/aromatic N) is 1. The van der Waals surface area contributed by atoms with Gasteiger partial charge in [0.15, 0.2) is 6.10 Å². The van der Waals surface area contributed by atoms with Crippen molar-refractivity contribution in [1.29, 1.82) is 0 Å². The maximum Gasteiger partial charge on any atom is 0.332 e. The molecular weight excluding hydrogens is 282 g/mol. The zero-order valence-electron chi connectivity index (χ0n) is 13.2. The van der Waals surface area contributed by atoms with Gasteiger partial charge in [0, 0.05) is 12.6 Å². The van der Waals surface area contributed by atoms with Gasteiger partial charge in [-0.2, -0.15) is 0 Å². The van der Waals surface area contributed by atoms with Gasteiger partial charge < -0.3 is 14.7 Å². The van der Waals surface area contributed by atoms with Gasteiger partial charge in [0.05, 0.1) is 0 Å². The largest absolute Gasteiger partial charge is 0.479 e. The highest BCUT2D eigenvalue weighted by Crippen LogP contribution is 2.33. The second-order valence-electron chi connectivity index (χ2n) is 7.10. The third kappa shape index (κ3) is 3.45. The minimum atomic E-state index is -0.949. The summed E-state index contributed by atoms with van der Waals surface area (Å²) in [6.45, 7) is 0.813. The number of rotatable bonds is 4. The molecule has 0 aromatic rings. The van der Waals surface area contributed by atoms with Gasteiger partial charge in [-0.05, 0) is 38.0 Å². The highest BCUT2D eigenvalue weighted by atomic mass is 16.5. The number of aliphatic carboxylic acids is 1. The lowest BCUT2D eigenvalue weighted by Gasteiger charge is -2.31. The van der Waals surface area contributed by atoms with E-state index in [1.807, 2.05) is 4.90 Å². The van der Waals surface area contributed by atoms with Crippen LogP contribution in [0.3, 0.4) is 0 Å². The Bertz CT molecular complexity index is 419. The number of carbonyl (C=O) groups excluding carboxylic acids is 1. The molecule has 0 spiro atoms. The molecule has 0 aromatic heterocycles. The lowest BCUT2D eigenvalue weighted by atomic mass is 9.84. The molecule has 22 heavy (non-hydrogen) atoms.